The number of carbonyl (C=O) groups is 1. The first kappa shape index (κ1) is 21.8. The second-order valence-corrected chi connectivity index (χ2v) is 9.97. The molecule has 1 saturated heterocycles. The van der Waals surface area contributed by atoms with E-state index >= 15 is 0 Å². The fourth-order valence-corrected chi connectivity index (χ4v) is 5.48. The lowest BCUT2D eigenvalue weighted by Crippen LogP contribution is -2.52. The summed E-state index contributed by atoms with van der Waals surface area (Å²) < 4.78 is 27.9. The molecule has 0 radical (unpaired) electrons. The Morgan fingerprint density at radius 1 is 1.07 bits per heavy atom. The summed E-state index contributed by atoms with van der Waals surface area (Å²) in [7, 11) is -3.62. The van der Waals surface area contributed by atoms with Crippen molar-refractivity contribution in [1.29, 1.82) is 5.26 Å². The molecule has 0 unspecified atom stereocenters. The maximum Gasteiger partial charge on any atom is 0.240 e. The molecule has 0 aromatic heterocycles. The van der Waals surface area contributed by atoms with Crippen molar-refractivity contribution in [1.82, 2.24) is 14.5 Å². The second-order valence-electron chi connectivity index (χ2n) is 8.26. The number of hydrogen-bond acceptors (Lipinski definition) is 5. The Bertz CT molecular complexity index is 845. The second kappa shape index (κ2) is 9.24. The average Bonchev–Trinajstić information content (AvgIpc) is 2.73. The quantitative estimate of drug-likeness (QED) is 0.789. The molecule has 158 valence electrons. The molecule has 29 heavy (non-hydrogen) atoms. The minimum atomic E-state index is -3.62. The molecule has 3 rings (SSSR count). The lowest BCUT2D eigenvalue weighted by Gasteiger charge is -2.39. The van der Waals surface area contributed by atoms with Crippen LogP contribution in [0.4, 0.5) is 0 Å². The van der Waals surface area contributed by atoms with Gasteiger partial charge >= 0.3 is 0 Å². The maximum atomic E-state index is 12.8. The molecule has 1 aromatic carbocycles. The monoisotopic (exact) mass is 418 g/mol. The third kappa shape index (κ3) is 5.35. The number of amides is 1. The van der Waals surface area contributed by atoms with Gasteiger partial charge in [-0.05, 0) is 63.8 Å². The first-order valence-corrected chi connectivity index (χ1v) is 11.8. The number of rotatable bonds is 5. The first-order valence-electron chi connectivity index (χ1n) is 10.4. The number of carbonyl (C=O) groups excluding carboxylic acids is 1. The van der Waals surface area contributed by atoms with E-state index in [0.717, 1.165) is 26.2 Å². The molecule has 0 bridgehead atoms. The third-order valence-corrected chi connectivity index (χ3v) is 7.58. The van der Waals surface area contributed by atoms with E-state index in [2.05, 4.69) is 23.5 Å². The van der Waals surface area contributed by atoms with Crippen molar-refractivity contribution < 1.29 is 13.2 Å². The van der Waals surface area contributed by atoms with Gasteiger partial charge in [0.05, 0.1) is 16.5 Å². The van der Waals surface area contributed by atoms with Gasteiger partial charge in [-0.15, -0.1) is 0 Å². The van der Waals surface area contributed by atoms with Crippen LogP contribution in [0.2, 0.25) is 0 Å². The zero-order valence-electron chi connectivity index (χ0n) is 17.2. The SMILES string of the molecule is CC(C)N1CCN(C(=O)[C@H]2CC[C@H](NS(=O)(=O)c3ccc(C#N)cc3)CC2)CC1. The molecule has 0 spiro atoms. The Balaban J connectivity index is 1.50. The molecule has 7 nitrogen and oxygen atoms in total. The zero-order valence-corrected chi connectivity index (χ0v) is 18.0. The van der Waals surface area contributed by atoms with Crippen molar-refractivity contribution in [2.75, 3.05) is 26.2 Å². The van der Waals surface area contributed by atoms with Crippen molar-refractivity contribution in [3.63, 3.8) is 0 Å². The van der Waals surface area contributed by atoms with E-state index in [-0.39, 0.29) is 22.8 Å². The highest BCUT2D eigenvalue weighted by Crippen LogP contribution is 2.27. The van der Waals surface area contributed by atoms with E-state index in [0.29, 0.717) is 37.3 Å². The Morgan fingerprint density at radius 3 is 2.17 bits per heavy atom. The van der Waals surface area contributed by atoms with Crippen molar-refractivity contribution in [3.05, 3.63) is 29.8 Å². The number of hydrogen-bond donors (Lipinski definition) is 1. The molecule has 1 N–H and O–H groups in total. The fourth-order valence-electron chi connectivity index (χ4n) is 4.17. The van der Waals surface area contributed by atoms with E-state index in [1.54, 1.807) is 0 Å². The Morgan fingerprint density at radius 2 is 1.66 bits per heavy atom. The number of benzene rings is 1. The van der Waals surface area contributed by atoms with Crippen LogP contribution >= 0.6 is 0 Å². The molecule has 2 fully saturated rings. The molecular formula is C21H30N4O3S. The highest BCUT2D eigenvalue weighted by molar-refractivity contribution is 7.89. The molecule has 1 aromatic rings. The molecular weight excluding hydrogens is 388 g/mol. The lowest BCUT2D eigenvalue weighted by atomic mass is 9.85. The molecule has 1 heterocycles. The first-order chi connectivity index (χ1) is 13.8. The summed E-state index contributed by atoms with van der Waals surface area (Å²) in [5.74, 6) is 0.220. The molecule has 1 saturated carbocycles. The van der Waals surface area contributed by atoms with Crippen LogP contribution in [0.15, 0.2) is 29.2 Å². The van der Waals surface area contributed by atoms with Gasteiger partial charge in [0.2, 0.25) is 15.9 Å². The summed E-state index contributed by atoms with van der Waals surface area (Å²) in [6, 6.07) is 8.24. The van der Waals surface area contributed by atoms with Crippen LogP contribution in [0, 0.1) is 17.2 Å². The largest absolute Gasteiger partial charge is 0.340 e. The zero-order chi connectivity index (χ0) is 21.0. The highest BCUT2D eigenvalue weighted by Gasteiger charge is 2.32. The van der Waals surface area contributed by atoms with Gasteiger partial charge in [0, 0.05) is 44.2 Å². The Labute approximate surface area is 173 Å². The van der Waals surface area contributed by atoms with Crippen LogP contribution in [0.3, 0.4) is 0 Å². The summed E-state index contributed by atoms with van der Waals surface area (Å²) in [4.78, 5) is 17.4. The average molecular weight is 419 g/mol. The summed E-state index contributed by atoms with van der Waals surface area (Å²) in [6.45, 7) is 7.76. The standard InChI is InChI=1S/C21H30N4O3S/c1-16(2)24-11-13-25(14-12-24)21(26)18-5-7-19(8-6-18)23-29(27,28)20-9-3-17(15-22)4-10-20/h3-4,9-10,16,18-19,23H,5-8,11-14H2,1-2H3/t18-,19-. The number of nitriles is 1. The van der Waals surface area contributed by atoms with Crippen LogP contribution in [-0.4, -0.2) is 62.4 Å². The Hall–Kier alpha value is -1.95. The topological polar surface area (TPSA) is 93.5 Å². The maximum absolute atomic E-state index is 12.8. The van der Waals surface area contributed by atoms with Gasteiger partial charge in [0.1, 0.15) is 0 Å². The van der Waals surface area contributed by atoms with Gasteiger partial charge in [0.25, 0.3) is 0 Å². The van der Waals surface area contributed by atoms with Crippen molar-refractivity contribution in [3.8, 4) is 6.07 Å². The van der Waals surface area contributed by atoms with Gasteiger partial charge in [-0.2, -0.15) is 5.26 Å². The lowest BCUT2D eigenvalue weighted by molar-refractivity contribution is -0.138. The number of nitrogens with zero attached hydrogens (tertiary/aromatic N) is 3. The number of nitrogens with one attached hydrogen (secondary N) is 1. The van der Waals surface area contributed by atoms with Gasteiger partial charge in [0.15, 0.2) is 0 Å². The molecule has 2 aliphatic rings. The van der Waals surface area contributed by atoms with Crippen LogP contribution in [0.1, 0.15) is 45.1 Å². The summed E-state index contributed by atoms with van der Waals surface area (Å²) in [5.41, 5.74) is 0.428. The minimum Gasteiger partial charge on any atom is -0.340 e. The van der Waals surface area contributed by atoms with E-state index in [4.69, 9.17) is 5.26 Å². The molecule has 1 aliphatic carbocycles. The molecule has 1 amide bonds. The van der Waals surface area contributed by atoms with Crippen LogP contribution in [0.25, 0.3) is 0 Å². The van der Waals surface area contributed by atoms with Gasteiger partial charge in [-0.3, -0.25) is 9.69 Å². The van der Waals surface area contributed by atoms with Crippen LogP contribution in [0.5, 0.6) is 0 Å². The van der Waals surface area contributed by atoms with Crippen molar-refractivity contribution in [2.45, 2.75) is 56.5 Å². The molecule has 1 aliphatic heterocycles. The number of piperazine rings is 1. The molecule has 8 heteroatoms. The van der Waals surface area contributed by atoms with Gasteiger partial charge in [-0.25, -0.2) is 13.1 Å². The van der Waals surface area contributed by atoms with E-state index in [9.17, 15) is 13.2 Å². The summed E-state index contributed by atoms with van der Waals surface area (Å²) in [6.07, 6.45) is 2.75. The Kier molecular flexibility index (Phi) is 6.93. The van der Waals surface area contributed by atoms with Crippen molar-refractivity contribution in [2.24, 2.45) is 5.92 Å². The van der Waals surface area contributed by atoms with E-state index in [1.807, 2.05) is 11.0 Å². The summed E-state index contributed by atoms with van der Waals surface area (Å²) in [5, 5.41) is 8.84. The van der Waals surface area contributed by atoms with Crippen LogP contribution < -0.4 is 4.72 Å². The fraction of sp³-hybridized carbons (Fsp3) is 0.619. The smallest absolute Gasteiger partial charge is 0.240 e. The van der Waals surface area contributed by atoms with Gasteiger partial charge < -0.3 is 4.90 Å². The van der Waals surface area contributed by atoms with E-state index < -0.39 is 10.0 Å². The van der Waals surface area contributed by atoms with Crippen LogP contribution in [-0.2, 0) is 14.8 Å². The normalized spacial score (nSPS) is 23.7. The third-order valence-electron chi connectivity index (χ3n) is 6.05. The predicted molar refractivity (Wildman–Crippen MR) is 111 cm³/mol. The van der Waals surface area contributed by atoms with E-state index in [1.165, 1.54) is 24.3 Å². The highest BCUT2D eigenvalue weighted by atomic mass is 32.2. The molecule has 0 atom stereocenters. The number of sulfonamides is 1. The van der Waals surface area contributed by atoms with Crippen molar-refractivity contribution >= 4 is 15.9 Å². The minimum absolute atomic E-state index is 0.00346. The predicted octanol–water partition coefficient (Wildman–Crippen LogP) is 1.95. The van der Waals surface area contributed by atoms with Gasteiger partial charge in [-0.1, -0.05) is 0 Å². The summed E-state index contributed by atoms with van der Waals surface area (Å²) >= 11 is 0.